The van der Waals surface area contributed by atoms with Crippen LogP contribution in [0, 0.1) is 6.92 Å². The molecule has 68 valence electrons. The topological polar surface area (TPSA) is 56.2 Å². The number of pyridine rings is 1. The van der Waals surface area contributed by atoms with E-state index in [0.717, 1.165) is 29.0 Å². The van der Waals surface area contributed by atoms with Crippen molar-refractivity contribution in [3.05, 3.63) is 23.7 Å². The van der Waals surface area contributed by atoms with Crippen molar-refractivity contribution in [2.24, 2.45) is 0 Å². The van der Waals surface area contributed by atoms with Crippen LogP contribution in [0.25, 0.3) is 5.65 Å². The first-order valence-electron chi connectivity index (χ1n) is 4.31. The molecule has 2 heterocycles. The maximum atomic E-state index is 5.84. The third-order valence-corrected chi connectivity index (χ3v) is 2.27. The lowest BCUT2D eigenvalue weighted by atomic mass is 10.2. The van der Waals surface area contributed by atoms with Gasteiger partial charge in [-0.25, -0.2) is 9.50 Å². The summed E-state index contributed by atoms with van der Waals surface area (Å²) in [6.45, 7) is 4.03. The lowest BCUT2D eigenvalue weighted by Gasteiger charge is -2.06. The van der Waals surface area contributed by atoms with Crippen molar-refractivity contribution in [1.29, 1.82) is 0 Å². The Kier molecular flexibility index (Phi) is 1.69. The van der Waals surface area contributed by atoms with Crippen molar-refractivity contribution in [1.82, 2.24) is 14.6 Å². The zero-order valence-electron chi connectivity index (χ0n) is 7.78. The number of aromatic nitrogens is 3. The molecule has 0 amide bonds. The molecule has 0 unspecified atom stereocenters. The van der Waals surface area contributed by atoms with E-state index in [0.29, 0.717) is 0 Å². The summed E-state index contributed by atoms with van der Waals surface area (Å²) in [5.41, 5.74) is 9.58. The molecule has 2 rings (SSSR count). The lowest BCUT2D eigenvalue weighted by molar-refractivity contribution is 0.863. The van der Waals surface area contributed by atoms with Crippen LogP contribution < -0.4 is 5.73 Å². The predicted molar refractivity (Wildman–Crippen MR) is 51.5 cm³/mol. The quantitative estimate of drug-likeness (QED) is 0.709. The Hall–Kier alpha value is -1.58. The molecule has 0 spiro atoms. The Morgan fingerprint density at radius 1 is 1.54 bits per heavy atom. The van der Waals surface area contributed by atoms with E-state index in [1.165, 1.54) is 0 Å². The Morgan fingerprint density at radius 2 is 2.31 bits per heavy atom. The van der Waals surface area contributed by atoms with Crippen LogP contribution in [-0.2, 0) is 6.42 Å². The second kappa shape index (κ2) is 2.73. The number of aryl methyl sites for hydroxylation is 2. The molecule has 0 aromatic carbocycles. The van der Waals surface area contributed by atoms with Gasteiger partial charge in [-0.05, 0) is 19.4 Å². The molecule has 0 atom stereocenters. The number of nitrogens with zero attached hydrogens (tertiary/aromatic N) is 3. The smallest absolute Gasteiger partial charge is 0.160 e. The van der Waals surface area contributed by atoms with Gasteiger partial charge in [0.2, 0.25) is 0 Å². The second-order valence-corrected chi connectivity index (χ2v) is 3.07. The molecule has 2 aromatic rings. The van der Waals surface area contributed by atoms with Crippen LogP contribution in [0.1, 0.15) is 18.2 Å². The zero-order chi connectivity index (χ0) is 9.42. The largest absolute Gasteiger partial charge is 0.398 e. The minimum absolute atomic E-state index is 0.789. The van der Waals surface area contributed by atoms with Crippen molar-refractivity contribution >= 4 is 11.3 Å². The van der Waals surface area contributed by atoms with E-state index in [4.69, 9.17) is 5.73 Å². The average molecular weight is 176 g/mol. The van der Waals surface area contributed by atoms with Crippen molar-refractivity contribution in [3.8, 4) is 0 Å². The molecule has 4 heteroatoms. The summed E-state index contributed by atoms with van der Waals surface area (Å²) in [6.07, 6.45) is 2.46. The van der Waals surface area contributed by atoms with Crippen molar-refractivity contribution in [2.75, 3.05) is 5.73 Å². The van der Waals surface area contributed by atoms with Gasteiger partial charge < -0.3 is 5.73 Å². The van der Waals surface area contributed by atoms with Crippen LogP contribution in [0.4, 0.5) is 5.69 Å². The summed E-state index contributed by atoms with van der Waals surface area (Å²) < 4.78 is 1.84. The minimum atomic E-state index is 0.789. The lowest BCUT2D eigenvalue weighted by Crippen LogP contribution is -2.02. The van der Waals surface area contributed by atoms with Crippen molar-refractivity contribution in [3.63, 3.8) is 0 Å². The van der Waals surface area contributed by atoms with E-state index in [2.05, 4.69) is 17.0 Å². The maximum absolute atomic E-state index is 5.84. The monoisotopic (exact) mass is 176 g/mol. The molecule has 2 aromatic heterocycles. The molecular formula is C9H12N4. The van der Waals surface area contributed by atoms with E-state index in [1.807, 2.05) is 17.5 Å². The Labute approximate surface area is 76.4 Å². The number of hydrogen-bond acceptors (Lipinski definition) is 3. The van der Waals surface area contributed by atoms with Gasteiger partial charge in [-0.1, -0.05) is 6.92 Å². The Bertz CT molecular complexity index is 444. The van der Waals surface area contributed by atoms with Crippen LogP contribution in [0.3, 0.4) is 0 Å². The van der Waals surface area contributed by atoms with E-state index >= 15 is 0 Å². The van der Waals surface area contributed by atoms with Gasteiger partial charge in [0.1, 0.15) is 6.33 Å². The Balaban J connectivity index is 2.87. The molecule has 4 nitrogen and oxygen atoms in total. The predicted octanol–water partition coefficient (Wildman–Crippen LogP) is 1.18. The summed E-state index contributed by atoms with van der Waals surface area (Å²) in [6, 6.07) is 1.96. The molecule has 13 heavy (non-hydrogen) atoms. The van der Waals surface area contributed by atoms with Crippen molar-refractivity contribution in [2.45, 2.75) is 20.3 Å². The fourth-order valence-electron chi connectivity index (χ4n) is 1.44. The summed E-state index contributed by atoms with van der Waals surface area (Å²) in [5.74, 6) is 0. The minimum Gasteiger partial charge on any atom is -0.398 e. The van der Waals surface area contributed by atoms with Crippen LogP contribution in [-0.4, -0.2) is 14.6 Å². The SMILES string of the molecule is CCc1cc(N)c(C)c2ncnn12. The highest BCUT2D eigenvalue weighted by Crippen LogP contribution is 2.17. The van der Waals surface area contributed by atoms with Crippen molar-refractivity contribution < 1.29 is 0 Å². The van der Waals surface area contributed by atoms with Crippen LogP contribution in [0.2, 0.25) is 0 Å². The number of rotatable bonds is 1. The fourth-order valence-corrected chi connectivity index (χ4v) is 1.44. The van der Waals surface area contributed by atoms with E-state index in [9.17, 15) is 0 Å². The van der Waals surface area contributed by atoms with E-state index in [-0.39, 0.29) is 0 Å². The number of nitrogen functional groups attached to an aromatic ring is 1. The zero-order valence-corrected chi connectivity index (χ0v) is 7.78. The van der Waals surface area contributed by atoms with Gasteiger partial charge in [-0.3, -0.25) is 0 Å². The highest BCUT2D eigenvalue weighted by molar-refractivity contribution is 5.61. The first-order valence-corrected chi connectivity index (χ1v) is 4.31. The molecule has 0 saturated carbocycles. The number of hydrogen-bond donors (Lipinski definition) is 1. The standard InChI is InChI=1S/C9H12N4/c1-3-7-4-8(10)6(2)9-11-5-12-13(7)9/h4-5H,3,10H2,1-2H3. The van der Waals surface area contributed by atoms with Gasteiger partial charge in [0, 0.05) is 16.9 Å². The highest BCUT2D eigenvalue weighted by Gasteiger charge is 2.06. The van der Waals surface area contributed by atoms with Gasteiger partial charge in [0.05, 0.1) is 0 Å². The first-order chi connectivity index (χ1) is 6.24. The molecule has 2 N–H and O–H groups in total. The normalized spacial score (nSPS) is 10.9. The highest BCUT2D eigenvalue weighted by atomic mass is 15.3. The van der Waals surface area contributed by atoms with Crippen LogP contribution in [0.5, 0.6) is 0 Å². The molecule has 0 bridgehead atoms. The van der Waals surface area contributed by atoms with Gasteiger partial charge in [0.15, 0.2) is 5.65 Å². The average Bonchev–Trinajstić information content (AvgIpc) is 2.60. The maximum Gasteiger partial charge on any atom is 0.160 e. The molecule has 0 aliphatic heterocycles. The summed E-state index contributed by atoms with van der Waals surface area (Å²) in [4.78, 5) is 4.16. The summed E-state index contributed by atoms with van der Waals surface area (Å²) in [5, 5.41) is 4.14. The second-order valence-electron chi connectivity index (χ2n) is 3.07. The summed E-state index contributed by atoms with van der Waals surface area (Å²) >= 11 is 0. The fraction of sp³-hybridized carbons (Fsp3) is 0.333. The molecule has 0 aliphatic rings. The number of nitrogens with two attached hydrogens (primary N) is 1. The third-order valence-electron chi connectivity index (χ3n) is 2.27. The van der Waals surface area contributed by atoms with E-state index < -0.39 is 0 Å². The van der Waals surface area contributed by atoms with Crippen LogP contribution >= 0.6 is 0 Å². The summed E-state index contributed by atoms with van der Waals surface area (Å²) in [7, 11) is 0. The molecule has 0 saturated heterocycles. The molecule has 0 radical (unpaired) electrons. The van der Waals surface area contributed by atoms with Gasteiger partial charge in [-0.15, -0.1) is 0 Å². The van der Waals surface area contributed by atoms with Gasteiger partial charge in [0.25, 0.3) is 0 Å². The first kappa shape index (κ1) is 8.04. The molecule has 0 fully saturated rings. The van der Waals surface area contributed by atoms with E-state index in [1.54, 1.807) is 6.33 Å². The number of fused-ring (bicyclic) bond motifs is 1. The molecule has 0 aliphatic carbocycles. The van der Waals surface area contributed by atoms with Gasteiger partial charge >= 0.3 is 0 Å². The Morgan fingerprint density at radius 3 is 3.00 bits per heavy atom. The third kappa shape index (κ3) is 1.06. The molecular weight excluding hydrogens is 164 g/mol. The van der Waals surface area contributed by atoms with Gasteiger partial charge in [-0.2, -0.15) is 5.10 Å². The number of anilines is 1. The van der Waals surface area contributed by atoms with Crippen LogP contribution in [0.15, 0.2) is 12.4 Å².